The van der Waals surface area contributed by atoms with Crippen molar-refractivity contribution >= 4 is 5.97 Å². The molecule has 1 aromatic carbocycles. The first-order chi connectivity index (χ1) is 9.69. The van der Waals surface area contributed by atoms with Gasteiger partial charge in [0.25, 0.3) is 0 Å². The van der Waals surface area contributed by atoms with Crippen LogP contribution in [0.5, 0.6) is 0 Å². The molecule has 1 aliphatic carbocycles. The third kappa shape index (κ3) is 4.34. The van der Waals surface area contributed by atoms with Crippen LogP contribution >= 0.6 is 0 Å². The van der Waals surface area contributed by atoms with Crippen molar-refractivity contribution in [2.75, 3.05) is 0 Å². The van der Waals surface area contributed by atoms with Crippen molar-refractivity contribution in [3.63, 3.8) is 0 Å². The van der Waals surface area contributed by atoms with E-state index in [1.54, 1.807) is 0 Å². The van der Waals surface area contributed by atoms with Crippen LogP contribution in [0.4, 0.5) is 0 Å². The Morgan fingerprint density at radius 2 is 1.90 bits per heavy atom. The molecule has 1 fully saturated rings. The largest absolute Gasteiger partial charge is 0.480 e. The quantitative estimate of drug-likeness (QED) is 0.838. The summed E-state index contributed by atoms with van der Waals surface area (Å²) in [6, 6.07) is 9.75. The minimum atomic E-state index is -0.744. The summed E-state index contributed by atoms with van der Waals surface area (Å²) in [5, 5.41) is 12.7. The van der Waals surface area contributed by atoms with Gasteiger partial charge in [-0.2, -0.15) is 0 Å². The number of hydrogen-bond acceptors (Lipinski definition) is 2. The molecule has 1 aromatic rings. The highest BCUT2D eigenvalue weighted by Gasteiger charge is 2.25. The van der Waals surface area contributed by atoms with Gasteiger partial charge in [0.15, 0.2) is 0 Å². The third-order valence-corrected chi connectivity index (χ3v) is 4.44. The van der Waals surface area contributed by atoms with E-state index in [1.165, 1.54) is 19.3 Å². The van der Waals surface area contributed by atoms with E-state index in [-0.39, 0.29) is 0 Å². The average molecular weight is 275 g/mol. The Balaban J connectivity index is 1.88. The summed E-state index contributed by atoms with van der Waals surface area (Å²) in [5.74, 6) is 0.0944. The van der Waals surface area contributed by atoms with E-state index in [0.29, 0.717) is 12.5 Å². The van der Waals surface area contributed by atoms with Gasteiger partial charge < -0.3 is 10.4 Å². The Hall–Kier alpha value is -1.35. The van der Waals surface area contributed by atoms with Gasteiger partial charge in [0.1, 0.15) is 6.04 Å². The number of carboxylic acids is 1. The van der Waals surface area contributed by atoms with Crippen molar-refractivity contribution in [3.8, 4) is 0 Å². The second-order valence-electron chi connectivity index (χ2n) is 5.87. The summed E-state index contributed by atoms with van der Waals surface area (Å²) >= 11 is 0. The topological polar surface area (TPSA) is 49.3 Å². The van der Waals surface area contributed by atoms with E-state index >= 15 is 0 Å². The van der Waals surface area contributed by atoms with Crippen LogP contribution < -0.4 is 5.32 Å². The van der Waals surface area contributed by atoms with Crippen LogP contribution in [-0.2, 0) is 11.2 Å². The second-order valence-corrected chi connectivity index (χ2v) is 5.87. The van der Waals surface area contributed by atoms with Gasteiger partial charge >= 0.3 is 5.97 Å². The molecule has 2 rings (SSSR count). The number of carbonyl (C=O) groups is 1. The normalized spacial score (nSPS) is 24.2. The molecule has 3 heteroatoms. The molecular formula is C17H25NO2. The van der Waals surface area contributed by atoms with Crippen molar-refractivity contribution in [2.24, 2.45) is 5.92 Å². The molecular weight excluding hydrogens is 250 g/mol. The lowest BCUT2D eigenvalue weighted by Gasteiger charge is -2.30. The van der Waals surface area contributed by atoms with E-state index in [1.807, 2.05) is 30.3 Å². The monoisotopic (exact) mass is 275 g/mol. The van der Waals surface area contributed by atoms with Crippen LogP contribution in [-0.4, -0.2) is 23.2 Å². The molecule has 0 bridgehead atoms. The summed E-state index contributed by atoms with van der Waals surface area (Å²) in [4.78, 5) is 11.4. The molecule has 0 aromatic heterocycles. The highest BCUT2D eigenvalue weighted by molar-refractivity contribution is 5.74. The maximum absolute atomic E-state index is 11.4. The predicted molar refractivity (Wildman–Crippen MR) is 80.7 cm³/mol. The number of nitrogens with one attached hydrogen (secondary N) is 1. The maximum Gasteiger partial charge on any atom is 0.321 e. The number of rotatable bonds is 6. The molecule has 20 heavy (non-hydrogen) atoms. The number of hydrogen-bond donors (Lipinski definition) is 2. The fourth-order valence-corrected chi connectivity index (χ4v) is 3.09. The first kappa shape index (κ1) is 15.0. The van der Waals surface area contributed by atoms with Gasteiger partial charge in [-0.1, -0.05) is 43.7 Å². The summed E-state index contributed by atoms with van der Waals surface area (Å²) in [5.41, 5.74) is 1.08. The molecule has 110 valence electrons. The van der Waals surface area contributed by atoms with Crippen LogP contribution in [0, 0.1) is 5.92 Å². The Morgan fingerprint density at radius 1 is 1.25 bits per heavy atom. The van der Waals surface area contributed by atoms with E-state index in [2.05, 4.69) is 12.2 Å². The van der Waals surface area contributed by atoms with Crippen molar-refractivity contribution in [1.82, 2.24) is 5.32 Å². The van der Waals surface area contributed by atoms with E-state index in [9.17, 15) is 9.90 Å². The number of carboxylic acid groups (broad SMARTS) is 1. The predicted octanol–water partition coefficient (Wildman–Crippen LogP) is 3.24. The number of aliphatic carboxylic acids is 1. The van der Waals surface area contributed by atoms with Crippen molar-refractivity contribution < 1.29 is 9.90 Å². The van der Waals surface area contributed by atoms with Crippen LogP contribution in [0.1, 0.15) is 44.6 Å². The average Bonchev–Trinajstić information content (AvgIpc) is 2.48. The zero-order valence-corrected chi connectivity index (χ0v) is 12.2. The third-order valence-electron chi connectivity index (χ3n) is 4.44. The highest BCUT2D eigenvalue weighted by Crippen LogP contribution is 2.26. The van der Waals surface area contributed by atoms with Gasteiger partial charge in [-0.05, 0) is 43.6 Å². The Bertz CT molecular complexity index is 410. The summed E-state index contributed by atoms with van der Waals surface area (Å²) in [7, 11) is 0. The fraction of sp³-hybridized carbons (Fsp3) is 0.588. The van der Waals surface area contributed by atoms with Crippen molar-refractivity contribution in [3.05, 3.63) is 35.9 Å². The molecule has 0 aliphatic heterocycles. The standard InChI is InChI=1S/C17H25NO2/c1-2-13-8-10-15(11-9-13)18-16(17(19)20)12-14-6-4-3-5-7-14/h3-7,13,15-16,18H,2,8-12H2,1H3,(H,19,20)/t13?,15?,16-/m1/s1. The lowest BCUT2D eigenvalue weighted by Crippen LogP contribution is -2.46. The molecule has 1 atom stereocenters. The molecule has 1 aliphatic rings. The first-order valence-electron chi connectivity index (χ1n) is 7.71. The SMILES string of the molecule is CCC1CCC(N[C@H](Cc2ccccc2)C(=O)O)CC1. The summed E-state index contributed by atoms with van der Waals surface area (Å²) in [6.45, 7) is 2.24. The van der Waals surface area contributed by atoms with Gasteiger partial charge in [0, 0.05) is 6.04 Å². The molecule has 0 heterocycles. The smallest absolute Gasteiger partial charge is 0.321 e. The lowest BCUT2D eigenvalue weighted by molar-refractivity contribution is -0.139. The van der Waals surface area contributed by atoms with Crippen LogP contribution in [0.25, 0.3) is 0 Å². The summed E-state index contributed by atoms with van der Waals surface area (Å²) in [6.07, 6.45) is 6.48. The van der Waals surface area contributed by atoms with Gasteiger partial charge in [0.05, 0.1) is 0 Å². The van der Waals surface area contributed by atoms with Crippen LogP contribution in [0.15, 0.2) is 30.3 Å². The molecule has 0 amide bonds. The molecule has 0 saturated heterocycles. The number of benzene rings is 1. The van der Waals surface area contributed by atoms with E-state index in [0.717, 1.165) is 24.3 Å². The summed E-state index contributed by atoms with van der Waals surface area (Å²) < 4.78 is 0. The van der Waals surface area contributed by atoms with Crippen LogP contribution in [0.3, 0.4) is 0 Å². The Labute approximate surface area is 121 Å². The van der Waals surface area contributed by atoms with Gasteiger partial charge in [-0.25, -0.2) is 0 Å². The zero-order chi connectivity index (χ0) is 14.4. The molecule has 0 unspecified atom stereocenters. The molecule has 3 nitrogen and oxygen atoms in total. The first-order valence-corrected chi connectivity index (χ1v) is 7.71. The van der Waals surface area contributed by atoms with Gasteiger partial charge in [-0.3, -0.25) is 4.79 Å². The maximum atomic E-state index is 11.4. The Morgan fingerprint density at radius 3 is 2.45 bits per heavy atom. The fourth-order valence-electron chi connectivity index (χ4n) is 3.09. The minimum Gasteiger partial charge on any atom is -0.480 e. The molecule has 0 radical (unpaired) electrons. The van der Waals surface area contributed by atoms with Gasteiger partial charge in [-0.15, -0.1) is 0 Å². The Kier molecular flexibility index (Phi) is 5.60. The highest BCUT2D eigenvalue weighted by atomic mass is 16.4. The van der Waals surface area contributed by atoms with E-state index < -0.39 is 12.0 Å². The van der Waals surface area contributed by atoms with Crippen molar-refractivity contribution in [1.29, 1.82) is 0 Å². The molecule has 0 spiro atoms. The molecule has 2 N–H and O–H groups in total. The minimum absolute atomic E-state index is 0.364. The van der Waals surface area contributed by atoms with Crippen LogP contribution in [0.2, 0.25) is 0 Å². The van der Waals surface area contributed by atoms with E-state index in [4.69, 9.17) is 0 Å². The van der Waals surface area contributed by atoms with Gasteiger partial charge in [0.2, 0.25) is 0 Å². The zero-order valence-electron chi connectivity index (χ0n) is 12.2. The lowest BCUT2D eigenvalue weighted by atomic mass is 9.84. The van der Waals surface area contributed by atoms with Crippen molar-refractivity contribution in [2.45, 2.75) is 57.5 Å². The second kappa shape index (κ2) is 7.44. The molecule has 1 saturated carbocycles.